The molecule has 0 saturated carbocycles. The van der Waals surface area contributed by atoms with Crippen LogP contribution in [0.25, 0.3) is 0 Å². The normalized spacial score (nSPS) is 6.00. The van der Waals surface area contributed by atoms with E-state index >= 15 is 0 Å². The third kappa shape index (κ3) is 18.2. The van der Waals surface area contributed by atoms with Crippen LogP contribution in [0.5, 0.6) is 0 Å². The molecule has 0 N–H and O–H groups in total. The van der Waals surface area contributed by atoms with E-state index in [9.17, 15) is 0 Å². The Labute approximate surface area is 36.9 Å². The molecule has 0 atom stereocenters. The molecule has 0 aliphatic rings. The van der Waals surface area contributed by atoms with E-state index < -0.39 is 0 Å². The molecule has 0 saturated heterocycles. The van der Waals surface area contributed by atoms with Crippen molar-refractivity contribution in [3.05, 3.63) is 0 Å². The van der Waals surface area contributed by atoms with Crippen molar-refractivity contribution in [1.82, 2.24) is 0 Å². The van der Waals surface area contributed by atoms with Crippen molar-refractivity contribution in [2.75, 3.05) is 0 Å². The lowest BCUT2D eigenvalue weighted by Crippen LogP contribution is -1.65. The molecule has 4 heavy (non-hydrogen) atoms. The smallest absolute Gasteiger partial charge is 0.129 e. The molecule has 1 nitrogen and oxygen atoms in total. The first kappa shape index (κ1) is 8.82. The van der Waals surface area contributed by atoms with E-state index in [0.29, 0.717) is 0 Å². The molecule has 0 aliphatic heterocycles. The van der Waals surface area contributed by atoms with Crippen LogP contribution >= 0.6 is 0 Å². The van der Waals surface area contributed by atoms with Gasteiger partial charge in [0.05, 0.1) is 0 Å². The summed E-state index contributed by atoms with van der Waals surface area (Å²) in [5, 5.41) is 0. The van der Waals surface area contributed by atoms with Gasteiger partial charge in [-0.15, -0.1) is 0 Å². The summed E-state index contributed by atoms with van der Waals surface area (Å²) in [4.78, 5) is 0. The van der Waals surface area contributed by atoms with Crippen molar-refractivity contribution >= 4 is 31.9 Å². The Hall–Kier alpha value is 0.611. The average molecular weight is 106 g/mol. The van der Waals surface area contributed by atoms with Gasteiger partial charge in [-0.1, -0.05) is 0 Å². The van der Waals surface area contributed by atoms with Crippen LogP contribution in [-0.4, -0.2) is 31.9 Å². The van der Waals surface area contributed by atoms with Crippen molar-refractivity contribution < 1.29 is 4.12 Å². The highest BCUT2D eigenvalue weighted by atomic mass is 28.3. The molecule has 0 spiro atoms. The maximum atomic E-state index is 4.53. The van der Waals surface area contributed by atoms with Gasteiger partial charge in [-0.25, -0.2) is 0 Å². The molecule has 0 aromatic heterocycles. The van der Waals surface area contributed by atoms with Gasteiger partial charge >= 0.3 is 0 Å². The van der Waals surface area contributed by atoms with Crippen molar-refractivity contribution in [1.29, 1.82) is 0 Å². The summed E-state index contributed by atoms with van der Waals surface area (Å²) in [6, 6.07) is 0. The largest absolute Gasteiger partial charge is 0.471 e. The minimum atomic E-state index is 0. The minimum absolute atomic E-state index is 0. The zero-order valence-electron chi connectivity index (χ0n) is 2.91. The van der Waals surface area contributed by atoms with Crippen LogP contribution < -0.4 is 0 Å². The third-order valence-electron chi connectivity index (χ3n) is 0. The SMILES string of the molecule is [SiH3]O[SiH3].[Si]. The predicted octanol–water partition coefficient (Wildman–Crippen LogP) is -2.82. The molecule has 0 rings (SSSR count). The fourth-order valence-corrected chi connectivity index (χ4v) is 0. The molecule has 0 bridgehead atoms. The Kier molecular flexibility index (Phi) is 20.9. The average Bonchev–Trinajstić information content (AvgIpc) is 0.918. The number of rotatable bonds is 0. The van der Waals surface area contributed by atoms with E-state index in [0.717, 1.165) is 21.0 Å². The van der Waals surface area contributed by atoms with Gasteiger partial charge in [0, 0.05) is 11.0 Å². The van der Waals surface area contributed by atoms with Crippen LogP contribution in [0.2, 0.25) is 0 Å². The highest BCUT2D eigenvalue weighted by Gasteiger charge is 1.28. The van der Waals surface area contributed by atoms with Crippen molar-refractivity contribution in [3.63, 3.8) is 0 Å². The van der Waals surface area contributed by atoms with Crippen LogP contribution in [0, 0.1) is 0 Å². The lowest BCUT2D eigenvalue weighted by atomic mass is 15.8. The Balaban J connectivity index is 0. The Morgan fingerprint density at radius 2 is 1.25 bits per heavy atom. The van der Waals surface area contributed by atoms with Gasteiger partial charge in [0.25, 0.3) is 0 Å². The van der Waals surface area contributed by atoms with Gasteiger partial charge in [-0.3, -0.25) is 0 Å². The summed E-state index contributed by atoms with van der Waals surface area (Å²) < 4.78 is 4.53. The van der Waals surface area contributed by atoms with Gasteiger partial charge in [-0.05, 0) is 0 Å². The quantitative estimate of drug-likeness (QED) is 0.303. The minimum Gasteiger partial charge on any atom is -0.471 e. The number of hydrogen-bond donors (Lipinski definition) is 0. The summed E-state index contributed by atoms with van der Waals surface area (Å²) in [6.45, 7) is 0. The van der Waals surface area contributed by atoms with E-state index in [1.54, 1.807) is 0 Å². The second-order valence-electron chi connectivity index (χ2n) is 0.408. The Bertz CT molecular complexity index is 3.25. The second-order valence-corrected chi connectivity index (χ2v) is 3.67. The molecule has 0 heterocycles. The van der Waals surface area contributed by atoms with Crippen LogP contribution in [0.1, 0.15) is 0 Å². The van der Waals surface area contributed by atoms with Gasteiger partial charge in [0.2, 0.25) is 0 Å². The van der Waals surface area contributed by atoms with E-state index in [2.05, 4.69) is 4.12 Å². The molecule has 4 heteroatoms. The van der Waals surface area contributed by atoms with Gasteiger partial charge in [0.15, 0.2) is 0 Å². The first-order valence-corrected chi connectivity index (χ1v) is 2.45. The molecular weight excluding hydrogens is 100 g/mol. The highest BCUT2D eigenvalue weighted by Crippen LogP contribution is 1.20. The molecule has 0 amide bonds. The molecule has 24 valence electrons. The summed E-state index contributed by atoms with van der Waals surface area (Å²) in [6.07, 6.45) is 0. The summed E-state index contributed by atoms with van der Waals surface area (Å²) in [5.74, 6) is 0. The highest BCUT2D eigenvalue weighted by molar-refractivity contribution is 6.15. The molecular formula is H6OSi3. The fourth-order valence-electron chi connectivity index (χ4n) is 0. The summed E-state index contributed by atoms with van der Waals surface area (Å²) >= 11 is 0. The molecule has 0 aliphatic carbocycles. The number of hydrogen-bond acceptors (Lipinski definition) is 1. The van der Waals surface area contributed by atoms with Crippen molar-refractivity contribution in [3.8, 4) is 0 Å². The third-order valence-corrected chi connectivity index (χ3v) is 0. The monoisotopic (exact) mass is 106 g/mol. The zero-order chi connectivity index (χ0) is 2.71. The van der Waals surface area contributed by atoms with E-state index in [-0.39, 0.29) is 11.0 Å². The maximum absolute atomic E-state index is 4.53. The molecule has 4 radical (unpaired) electrons. The molecule has 0 fully saturated rings. The topological polar surface area (TPSA) is 9.23 Å². The van der Waals surface area contributed by atoms with Crippen LogP contribution in [-0.2, 0) is 4.12 Å². The maximum Gasteiger partial charge on any atom is 0.129 e. The lowest BCUT2D eigenvalue weighted by molar-refractivity contribution is 0.690. The molecule has 0 aromatic rings. The predicted molar refractivity (Wildman–Crippen MR) is 26.7 cm³/mol. The van der Waals surface area contributed by atoms with Crippen molar-refractivity contribution in [2.45, 2.75) is 0 Å². The van der Waals surface area contributed by atoms with Crippen LogP contribution in [0.3, 0.4) is 0 Å². The first-order valence-electron chi connectivity index (χ1n) is 0.816. The first-order chi connectivity index (χ1) is 1.41. The zero-order valence-corrected chi connectivity index (χ0v) is 7.91. The molecule has 0 aromatic carbocycles. The lowest BCUT2D eigenvalue weighted by Gasteiger charge is -1.62. The Morgan fingerprint density at radius 1 is 1.25 bits per heavy atom. The molecule has 0 unspecified atom stereocenters. The van der Waals surface area contributed by atoms with Gasteiger partial charge in [0.1, 0.15) is 21.0 Å². The Morgan fingerprint density at radius 3 is 1.25 bits per heavy atom. The van der Waals surface area contributed by atoms with Crippen LogP contribution in [0.15, 0.2) is 0 Å². The second kappa shape index (κ2) is 9.49. The van der Waals surface area contributed by atoms with Crippen LogP contribution in [0.4, 0.5) is 0 Å². The van der Waals surface area contributed by atoms with E-state index in [1.165, 1.54) is 0 Å². The van der Waals surface area contributed by atoms with Gasteiger partial charge < -0.3 is 4.12 Å². The summed E-state index contributed by atoms with van der Waals surface area (Å²) in [5.41, 5.74) is 0. The van der Waals surface area contributed by atoms with Crippen molar-refractivity contribution in [2.24, 2.45) is 0 Å². The fraction of sp³-hybridized carbons (Fsp3) is 0. The summed E-state index contributed by atoms with van der Waals surface area (Å²) in [7, 11) is 1.86. The van der Waals surface area contributed by atoms with E-state index in [4.69, 9.17) is 0 Å². The van der Waals surface area contributed by atoms with E-state index in [1.807, 2.05) is 0 Å². The standard InChI is InChI=1S/H6OSi2.Si/c2-1-3;/h2-3H3;. The van der Waals surface area contributed by atoms with Gasteiger partial charge in [-0.2, -0.15) is 0 Å².